The van der Waals surface area contributed by atoms with Crippen molar-refractivity contribution in [2.24, 2.45) is 0 Å². The van der Waals surface area contributed by atoms with Gasteiger partial charge in [-0.3, -0.25) is 14.9 Å². The number of carbonyl (C=O) groups excluding carboxylic acids is 2. The van der Waals surface area contributed by atoms with Crippen LogP contribution in [0.15, 0.2) is 48.5 Å². The number of likely N-dealkylation sites (tertiary alicyclic amines) is 1. The number of hydrogen-bond donors (Lipinski definition) is 2. The smallest absolute Gasteiger partial charge is 0.257 e. The molecule has 0 radical (unpaired) electrons. The standard InChI is InChI=1S/C23H27N3O3S/c1-2-29-20-9-7-8-18(16-20)21(27)25-23(30)24-19-12-10-17(11-13-19)22(28)26-14-5-3-4-6-15-26/h7-13,16H,2-6,14-15H2,1H3,(H2,24,25,27,30). The number of nitrogens with one attached hydrogen (secondary N) is 2. The summed E-state index contributed by atoms with van der Waals surface area (Å²) < 4.78 is 5.42. The molecule has 0 atom stereocenters. The van der Waals surface area contributed by atoms with E-state index < -0.39 is 0 Å². The Morgan fingerprint density at radius 1 is 1.00 bits per heavy atom. The maximum atomic E-state index is 12.7. The van der Waals surface area contributed by atoms with Crippen LogP contribution in [-0.4, -0.2) is 41.5 Å². The highest BCUT2D eigenvalue weighted by atomic mass is 32.1. The molecule has 2 amide bonds. The van der Waals surface area contributed by atoms with Gasteiger partial charge in [0.15, 0.2) is 5.11 Å². The number of thiocarbonyl (C=S) groups is 1. The molecule has 1 heterocycles. The van der Waals surface area contributed by atoms with Crippen molar-refractivity contribution in [1.82, 2.24) is 10.2 Å². The molecule has 2 aromatic rings. The third kappa shape index (κ3) is 6.03. The summed E-state index contributed by atoms with van der Waals surface area (Å²) in [5.41, 5.74) is 1.82. The molecule has 0 spiro atoms. The van der Waals surface area contributed by atoms with Gasteiger partial charge in [-0.2, -0.15) is 0 Å². The van der Waals surface area contributed by atoms with Crippen LogP contribution < -0.4 is 15.4 Å². The van der Waals surface area contributed by atoms with E-state index in [0.29, 0.717) is 29.2 Å². The van der Waals surface area contributed by atoms with E-state index in [4.69, 9.17) is 17.0 Å². The molecule has 0 bridgehead atoms. The van der Waals surface area contributed by atoms with Crippen molar-refractivity contribution < 1.29 is 14.3 Å². The Morgan fingerprint density at radius 3 is 2.37 bits per heavy atom. The molecule has 1 aliphatic rings. The van der Waals surface area contributed by atoms with E-state index in [1.165, 1.54) is 12.8 Å². The van der Waals surface area contributed by atoms with Crippen molar-refractivity contribution in [2.75, 3.05) is 25.0 Å². The van der Waals surface area contributed by atoms with Gasteiger partial charge in [0.25, 0.3) is 11.8 Å². The third-order valence-electron chi connectivity index (χ3n) is 4.92. The van der Waals surface area contributed by atoms with Gasteiger partial charge in [0.2, 0.25) is 0 Å². The Hall–Kier alpha value is -2.93. The van der Waals surface area contributed by atoms with Crippen LogP contribution >= 0.6 is 12.2 Å². The van der Waals surface area contributed by atoms with Crippen molar-refractivity contribution in [3.63, 3.8) is 0 Å². The summed E-state index contributed by atoms with van der Waals surface area (Å²) >= 11 is 5.25. The van der Waals surface area contributed by atoms with Crippen molar-refractivity contribution in [3.05, 3.63) is 59.7 Å². The second-order valence-corrected chi connectivity index (χ2v) is 7.56. The summed E-state index contributed by atoms with van der Waals surface area (Å²) in [5.74, 6) is 0.379. The van der Waals surface area contributed by atoms with Gasteiger partial charge >= 0.3 is 0 Å². The lowest BCUT2D eigenvalue weighted by Gasteiger charge is -2.20. The molecule has 1 aliphatic heterocycles. The second-order valence-electron chi connectivity index (χ2n) is 7.15. The fraction of sp³-hybridized carbons (Fsp3) is 0.348. The number of nitrogens with zero attached hydrogens (tertiary/aromatic N) is 1. The molecular formula is C23H27N3O3S. The maximum Gasteiger partial charge on any atom is 0.257 e. The van der Waals surface area contributed by atoms with Gasteiger partial charge < -0.3 is 15.0 Å². The number of rotatable bonds is 5. The van der Waals surface area contributed by atoms with E-state index in [0.717, 1.165) is 25.9 Å². The maximum absolute atomic E-state index is 12.7. The van der Waals surface area contributed by atoms with Crippen LogP contribution in [0.2, 0.25) is 0 Å². The topological polar surface area (TPSA) is 70.7 Å². The minimum absolute atomic E-state index is 0.0634. The Labute approximate surface area is 182 Å². The molecule has 3 rings (SSSR count). The van der Waals surface area contributed by atoms with Crippen LogP contribution in [-0.2, 0) is 0 Å². The number of hydrogen-bond acceptors (Lipinski definition) is 4. The summed E-state index contributed by atoms with van der Waals surface area (Å²) in [7, 11) is 0. The molecule has 7 heteroatoms. The Morgan fingerprint density at radius 2 is 1.70 bits per heavy atom. The lowest BCUT2D eigenvalue weighted by Crippen LogP contribution is -2.34. The first-order valence-corrected chi connectivity index (χ1v) is 10.7. The van der Waals surface area contributed by atoms with Crippen LogP contribution in [0.1, 0.15) is 53.3 Å². The summed E-state index contributed by atoms with van der Waals surface area (Å²) in [6, 6.07) is 14.1. The molecule has 1 fully saturated rings. The van der Waals surface area contributed by atoms with Crippen LogP contribution in [0.25, 0.3) is 0 Å². The minimum Gasteiger partial charge on any atom is -0.494 e. The molecule has 0 unspecified atom stereocenters. The van der Waals surface area contributed by atoms with Crippen LogP contribution in [0.5, 0.6) is 5.75 Å². The van der Waals surface area contributed by atoms with Crippen molar-refractivity contribution in [2.45, 2.75) is 32.6 Å². The zero-order chi connectivity index (χ0) is 21.3. The molecule has 30 heavy (non-hydrogen) atoms. The zero-order valence-electron chi connectivity index (χ0n) is 17.1. The first kappa shape index (κ1) is 21.8. The predicted octanol–water partition coefficient (Wildman–Crippen LogP) is 4.23. The van der Waals surface area contributed by atoms with Gasteiger partial charge in [0.1, 0.15) is 5.75 Å². The molecule has 2 aromatic carbocycles. The Kier molecular flexibility index (Phi) is 7.79. The van der Waals surface area contributed by atoms with E-state index in [2.05, 4.69) is 10.6 Å². The fourth-order valence-corrected chi connectivity index (χ4v) is 3.59. The van der Waals surface area contributed by atoms with Crippen LogP contribution in [0.3, 0.4) is 0 Å². The van der Waals surface area contributed by atoms with E-state index >= 15 is 0 Å². The first-order valence-electron chi connectivity index (χ1n) is 10.3. The summed E-state index contributed by atoms with van der Waals surface area (Å²) in [6.45, 7) is 4.05. The van der Waals surface area contributed by atoms with Crippen LogP contribution in [0.4, 0.5) is 5.69 Å². The predicted molar refractivity (Wildman–Crippen MR) is 122 cm³/mol. The average Bonchev–Trinajstić information content (AvgIpc) is 3.04. The molecule has 0 saturated carbocycles. The highest BCUT2D eigenvalue weighted by Gasteiger charge is 2.17. The zero-order valence-corrected chi connectivity index (χ0v) is 18.0. The highest BCUT2D eigenvalue weighted by molar-refractivity contribution is 7.80. The van der Waals surface area contributed by atoms with Crippen LogP contribution in [0, 0.1) is 0 Å². The van der Waals surface area contributed by atoms with Crippen molar-refractivity contribution >= 4 is 34.8 Å². The Balaban J connectivity index is 1.55. The molecule has 158 valence electrons. The largest absolute Gasteiger partial charge is 0.494 e. The van der Waals surface area contributed by atoms with Crippen molar-refractivity contribution in [1.29, 1.82) is 0 Å². The average molecular weight is 426 g/mol. The quantitative estimate of drug-likeness (QED) is 0.702. The molecule has 1 saturated heterocycles. The third-order valence-corrected chi connectivity index (χ3v) is 5.12. The number of carbonyl (C=O) groups is 2. The molecule has 2 N–H and O–H groups in total. The highest BCUT2D eigenvalue weighted by Crippen LogP contribution is 2.16. The molecular weight excluding hydrogens is 398 g/mol. The van der Waals surface area contributed by atoms with E-state index in [9.17, 15) is 9.59 Å². The minimum atomic E-state index is -0.318. The molecule has 6 nitrogen and oxygen atoms in total. The molecule has 0 aliphatic carbocycles. The lowest BCUT2D eigenvalue weighted by molar-refractivity contribution is 0.0761. The number of amides is 2. The summed E-state index contributed by atoms with van der Waals surface area (Å²) in [5, 5.41) is 5.83. The van der Waals surface area contributed by atoms with E-state index in [1.54, 1.807) is 48.5 Å². The van der Waals surface area contributed by atoms with Gasteiger partial charge in [0, 0.05) is 29.9 Å². The number of anilines is 1. The first-order chi connectivity index (χ1) is 14.6. The second kappa shape index (κ2) is 10.7. The van der Waals surface area contributed by atoms with Gasteiger partial charge in [-0.05, 0) is 74.4 Å². The summed E-state index contributed by atoms with van der Waals surface area (Å²) in [4.78, 5) is 27.0. The lowest BCUT2D eigenvalue weighted by atomic mass is 10.1. The SMILES string of the molecule is CCOc1cccc(C(=O)NC(=S)Nc2ccc(C(=O)N3CCCCCC3)cc2)c1. The molecule has 0 aromatic heterocycles. The fourth-order valence-electron chi connectivity index (χ4n) is 3.38. The monoisotopic (exact) mass is 425 g/mol. The van der Waals surface area contributed by atoms with Gasteiger partial charge in [-0.1, -0.05) is 18.9 Å². The van der Waals surface area contributed by atoms with Gasteiger partial charge in [0.05, 0.1) is 6.61 Å². The Bertz CT molecular complexity index is 891. The van der Waals surface area contributed by atoms with Crippen molar-refractivity contribution in [3.8, 4) is 5.75 Å². The van der Waals surface area contributed by atoms with Gasteiger partial charge in [-0.15, -0.1) is 0 Å². The number of benzene rings is 2. The van der Waals surface area contributed by atoms with E-state index in [-0.39, 0.29) is 16.9 Å². The number of ether oxygens (including phenoxy) is 1. The van der Waals surface area contributed by atoms with Gasteiger partial charge in [-0.25, -0.2) is 0 Å². The van der Waals surface area contributed by atoms with E-state index in [1.807, 2.05) is 11.8 Å². The summed E-state index contributed by atoms with van der Waals surface area (Å²) in [6.07, 6.45) is 4.50. The normalized spacial score (nSPS) is 13.8.